The Morgan fingerprint density at radius 1 is 1.50 bits per heavy atom. The van der Waals surface area contributed by atoms with Crippen LogP contribution < -0.4 is 10.2 Å². The number of aliphatic carboxylic acids is 1. The van der Waals surface area contributed by atoms with Gasteiger partial charge in [-0.25, -0.2) is 0 Å². The average Bonchev–Trinajstić information content (AvgIpc) is 2.26. The molecule has 0 aliphatic heterocycles. The molecule has 0 heterocycles. The monoisotopic (exact) mass is 270 g/mol. The first kappa shape index (κ1) is 14.6. The predicted molar refractivity (Wildman–Crippen MR) is 75.7 cm³/mol. The van der Waals surface area contributed by atoms with Crippen molar-refractivity contribution in [2.75, 3.05) is 24.3 Å². The fourth-order valence-corrected chi connectivity index (χ4v) is 1.86. The third-order valence-electron chi connectivity index (χ3n) is 2.63. The zero-order chi connectivity index (χ0) is 13.7. The highest BCUT2D eigenvalue weighted by molar-refractivity contribution is 6.31. The maximum Gasteiger partial charge on any atom is 0.303 e. The first-order chi connectivity index (χ1) is 8.40. The third kappa shape index (κ3) is 4.45. The Morgan fingerprint density at radius 2 is 2.17 bits per heavy atom. The fraction of sp³-hybridized carbons (Fsp3) is 0.462. The molecule has 18 heavy (non-hydrogen) atoms. The zero-order valence-electron chi connectivity index (χ0n) is 10.9. The van der Waals surface area contributed by atoms with Crippen LogP contribution in [0.25, 0.3) is 0 Å². The third-order valence-corrected chi connectivity index (χ3v) is 2.87. The van der Waals surface area contributed by atoms with Crippen LogP contribution in [0.5, 0.6) is 0 Å². The standard InChI is InChI=1S/C13H19ClN2O2/c1-9(4-7-13(17)18)15-11-8-10(14)5-6-12(11)16(2)3/h5-6,8-9,15H,4,7H2,1-3H3,(H,17,18). The summed E-state index contributed by atoms with van der Waals surface area (Å²) in [4.78, 5) is 12.5. The lowest BCUT2D eigenvalue weighted by Gasteiger charge is -2.22. The van der Waals surface area contributed by atoms with E-state index in [0.717, 1.165) is 11.4 Å². The number of anilines is 2. The number of halogens is 1. The van der Waals surface area contributed by atoms with Gasteiger partial charge in [0.05, 0.1) is 11.4 Å². The molecule has 4 nitrogen and oxygen atoms in total. The van der Waals surface area contributed by atoms with E-state index in [-0.39, 0.29) is 12.5 Å². The number of carbonyl (C=O) groups is 1. The number of carboxylic acid groups (broad SMARTS) is 1. The molecule has 0 amide bonds. The number of hydrogen-bond donors (Lipinski definition) is 2. The van der Waals surface area contributed by atoms with Crippen molar-refractivity contribution in [3.8, 4) is 0 Å². The van der Waals surface area contributed by atoms with Crippen LogP contribution in [0.1, 0.15) is 19.8 Å². The summed E-state index contributed by atoms with van der Waals surface area (Å²) >= 11 is 5.98. The molecule has 0 radical (unpaired) electrons. The molecule has 1 unspecified atom stereocenters. The van der Waals surface area contributed by atoms with Crippen molar-refractivity contribution >= 4 is 28.9 Å². The molecule has 5 heteroatoms. The Balaban J connectivity index is 2.76. The summed E-state index contributed by atoms with van der Waals surface area (Å²) in [6.45, 7) is 1.96. The predicted octanol–water partition coefficient (Wildman–Crippen LogP) is 3.07. The van der Waals surface area contributed by atoms with Gasteiger partial charge >= 0.3 is 5.97 Å². The number of carboxylic acids is 1. The normalized spacial score (nSPS) is 12.0. The topological polar surface area (TPSA) is 52.6 Å². The van der Waals surface area contributed by atoms with Crippen molar-refractivity contribution in [3.63, 3.8) is 0 Å². The molecule has 1 aromatic rings. The van der Waals surface area contributed by atoms with Crippen LogP contribution in [0.3, 0.4) is 0 Å². The Labute approximate surface area is 113 Å². The summed E-state index contributed by atoms with van der Waals surface area (Å²) < 4.78 is 0. The molecule has 0 bridgehead atoms. The molecule has 100 valence electrons. The lowest BCUT2D eigenvalue weighted by Crippen LogP contribution is -2.19. The molecule has 1 rings (SSSR count). The molecule has 1 atom stereocenters. The van der Waals surface area contributed by atoms with E-state index >= 15 is 0 Å². The zero-order valence-corrected chi connectivity index (χ0v) is 11.7. The number of nitrogens with one attached hydrogen (secondary N) is 1. The SMILES string of the molecule is CC(CCC(=O)O)Nc1cc(Cl)ccc1N(C)C. The summed E-state index contributed by atoms with van der Waals surface area (Å²) in [6, 6.07) is 5.71. The quantitative estimate of drug-likeness (QED) is 0.834. The molecule has 0 spiro atoms. The highest BCUT2D eigenvalue weighted by atomic mass is 35.5. The van der Waals surface area contributed by atoms with Crippen LogP contribution in [0.4, 0.5) is 11.4 Å². The van der Waals surface area contributed by atoms with Gasteiger partial charge in [-0.1, -0.05) is 11.6 Å². The molecule has 0 aromatic heterocycles. The number of hydrogen-bond acceptors (Lipinski definition) is 3. The second kappa shape index (κ2) is 6.50. The lowest BCUT2D eigenvalue weighted by molar-refractivity contribution is -0.137. The highest BCUT2D eigenvalue weighted by Crippen LogP contribution is 2.28. The van der Waals surface area contributed by atoms with Crippen molar-refractivity contribution < 1.29 is 9.90 Å². The van der Waals surface area contributed by atoms with E-state index in [1.807, 2.05) is 44.1 Å². The summed E-state index contributed by atoms with van der Waals surface area (Å²) in [5.41, 5.74) is 1.95. The molecule has 0 aliphatic carbocycles. The van der Waals surface area contributed by atoms with E-state index in [1.165, 1.54) is 0 Å². The Bertz CT molecular complexity index is 421. The van der Waals surface area contributed by atoms with Crippen molar-refractivity contribution in [2.45, 2.75) is 25.8 Å². The van der Waals surface area contributed by atoms with Gasteiger partial charge in [0.1, 0.15) is 0 Å². The minimum Gasteiger partial charge on any atom is -0.481 e. The van der Waals surface area contributed by atoms with E-state index in [2.05, 4.69) is 5.32 Å². The van der Waals surface area contributed by atoms with Crippen molar-refractivity contribution in [2.24, 2.45) is 0 Å². The van der Waals surface area contributed by atoms with Crippen molar-refractivity contribution in [3.05, 3.63) is 23.2 Å². The molecule has 1 aromatic carbocycles. The maximum atomic E-state index is 10.5. The van der Waals surface area contributed by atoms with Crippen LogP contribution in [0.15, 0.2) is 18.2 Å². The molecule has 0 aliphatic rings. The Morgan fingerprint density at radius 3 is 2.72 bits per heavy atom. The molecular formula is C13H19ClN2O2. The first-order valence-corrected chi connectivity index (χ1v) is 6.23. The highest BCUT2D eigenvalue weighted by Gasteiger charge is 2.10. The van der Waals surface area contributed by atoms with Crippen LogP contribution in [-0.2, 0) is 4.79 Å². The first-order valence-electron chi connectivity index (χ1n) is 5.85. The minimum atomic E-state index is -0.775. The van der Waals surface area contributed by atoms with Crippen LogP contribution in [0.2, 0.25) is 5.02 Å². The van der Waals surface area contributed by atoms with Gasteiger partial charge in [-0.2, -0.15) is 0 Å². The van der Waals surface area contributed by atoms with Gasteiger partial charge in [0.25, 0.3) is 0 Å². The maximum absolute atomic E-state index is 10.5. The van der Waals surface area contributed by atoms with Gasteiger partial charge < -0.3 is 15.3 Å². The second-order valence-corrected chi connectivity index (χ2v) is 4.97. The van der Waals surface area contributed by atoms with Crippen LogP contribution >= 0.6 is 11.6 Å². The van der Waals surface area contributed by atoms with Gasteiger partial charge in [-0.15, -0.1) is 0 Å². The van der Waals surface area contributed by atoms with E-state index < -0.39 is 5.97 Å². The number of rotatable bonds is 6. The summed E-state index contributed by atoms with van der Waals surface area (Å²) in [6.07, 6.45) is 0.737. The number of benzene rings is 1. The van der Waals surface area contributed by atoms with Crippen molar-refractivity contribution in [1.82, 2.24) is 0 Å². The largest absolute Gasteiger partial charge is 0.481 e. The van der Waals surface area contributed by atoms with Gasteiger partial charge in [0.2, 0.25) is 0 Å². The molecule has 2 N–H and O–H groups in total. The lowest BCUT2D eigenvalue weighted by atomic mass is 10.1. The smallest absolute Gasteiger partial charge is 0.303 e. The summed E-state index contributed by atoms with van der Waals surface area (Å²) in [7, 11) is 3.91. The number of nitrogens with zero attached hydrogens (tertiary/aromatic N) is 1. The van der Waals surface area contributed by atoms with Gasteiger partial charge in [-0.05, 0) is 31.5 Å². The van der Waals surface area contributed by atoms with Gasteiger partial charge in [0, 0.05) is 31.6 Å². The summed E-state index contributed by atoms with van der Waals surface area (Å²) in [5.74, 6) is -0.775. The van der Waals surface area contributed by atoms with Crippen molar-refractivity contribution in [1.29, 1.82) is 0 Å². The Hall–Kier alpha value is -1.42. The van der Waals surface area contributed by atoms with Gasteiger partial charge in [0.15, 0.2) is 0 Å². The average molecular weight is 271 g/mol. The molecule has 0 saturated heterocycles. The molecule has 0 fully saturated rings. The van der Waals surface area contributed by atoms with E-state index in [1.54, 1.807) is 0 Å². The van der Waals surface area contributed by atoms with Crippen LogP contribution in [-0.4, -0.2) is 31.2 Å². The van der Waals surface area contributed by atoms with E-state index in [0.29, 0.717) is 11.4 Å². The van der Waals surface area contributed by atoms with Gasteiger partial charge in [-0.3, -0.25) is 4.79 Å². The summed E-state index contributed by atoms with van der Waals surface area (Å²) in [5, 5.41) is 12.6. The molecular weight excluding hydrogens is 252 g/mol. The minimum absolute atomic E-state index is 0.0817. The van der Waals surface area contributed by atoms with Crippen LogP contribution in [0, 0.1) is 0 Å². The second-order valence-electron chi connectivity index (χ2n) is 4.53. The van der Waals surface area contributed by atoms with E-state index in [4.69, 9.17) is 16.7 Å². The Kier molecular flexibility index (Phi) is 5.28. The fourth-order valence-electron chi connectivity index (χ4n) is 1.69. The molecule has 0 saturated carbocycles. The van der Waals surface area contributed by atoms with E-state index in [9.17, 15) is 4.79 Å².